The number of ether oxygens (including phenoxy) is 1. The number of hydrogen-bond acceptors (Lipinski definition) is 3. The highest BCUT2D eigenvalue weighted by Crippen LogP contribution is 2.37. The lowest BCUT2D eigenvalue weighted by atomic mass is 9.76. The van der Waals surface area contributed by atoms with Crippen molar-refractivity contribution in [3.8, 4) is 17.2 Å². The van der Waals surface area contributed by atoms with Crippen molar-refractivity contribution in [2.45, 2.75) is 62.7 Å². The molecule has 1 N–H and O–H groups in total. The van der Waals surface area contributed by atoms with Gasteiger partial charge in [-0.15, -0.1) is 0 Å². The molecule has 0 heterocycles. The van der Waals surface area contributed by atoms with Crippen LogP contribution in [0.2, 0.25) is 0 Å². The lowest BCUT2D eigenvalue weighted by Gasteiger charge is -2.28. The minimum absolute atomic E-state index is 0.101. The van der Waals surface area contributed by atoms with E-state index in [1.165, 1.54) is 22.3 Å². The van der Waals surface area contributed by atoms with Crippen molar-refractivity contribution >= 4 is 11.8 Å². The number of benzene rings is 4. The van der Waals surface area contributed by atoms with Crippen LogP contribution < -0.4 is 4.74 Å². The van der Waals surface area contributed by atoms with Gasteiger partial charge >= 0.3 is 0 Å². The molecule has 0 bridgehead atoms. The molecule has 0 unspecified atom stereocenters. The smallest absolute Gasteiger partial charge is 0.130 e. The summed E-state index contributed by atoms with van der Waals surface area (Å²) in [7, 11) is 0. The van der Waals surface area contributed by atoms with Crippen LogP contribution >= 0.6 is 11.8 Å². The summed E-state index contributed by atoms with van der Waals surface area (Å²) in [6.45, 7) is 13.4. The Morgan fingerprint density at radius 3 is 1.80 bits per heavy atom. The molecule has 0 spiro atoms. The largest absolute Gasteiger partial charge is 0.508 e. The van der Waals surface area contributed by atoms with Crippen molar-refractivity contribution < 1.29 is 9.84 Å². The van der Waals surface area contributed by atoms with Crippen molar-refractivity contribution in [1.29, 1.82) is 0 Å². The number of aryl methyl sites for hydroxylation is 2. The highest BCUT2D eigenvalue weighted by Gasteiger charge is 2.24. The van der Waals surface area contributed by atoms with Crippen LogP contribution in [0.5, 0.6) is 17.2 Å². The first-order valence-electron chi connectivity index (χ1n) is 12.1. The summed E-state index contributed by atoms with van der Waals surface area (Å²) >= 11 is 1.65. The van der Waals surface area contributed by atoms with Gasteiger partial charge in [0.1, 0.15) is 17.2 Å². The Labute approximate surface area is 214 Å². The van der Waals surface area contributed by atoms with Crippen LogP contribution in [0.3, 0.4) is 0 Å². The quantitative estimate of drug-likeness (QED) is 0.284. The van der Waals surface area contributed by atoms with E-state index in [2.05, 4.69) is 90.1 Å². The maximum absolute atomic E-state index is 9.45. The molecule has 4 rings (SSSR count). The lowest BCUT2D eigenvalue weighted by Crippen LogP contribution is -2.19. The van der Waals surface area contributed by atoms with E-state index in [0.29, 0.717) is 5.92 Å². The third-order valence-electron chi connectivity index (χ3n) is 6.63. The predicted octanol–water partition coefficient (Wildman–Crippen LogP) is 9.40. The predicted molar refractivity (Wildman–Crippen MR) is 147 cm³/mol. The molecular weight excluding hydrogens is 448 g/mol. The van der Waals surface area contributed by atoms with Gasteiger partial charge in [0, 0.05) is 15.2 Å². The van der Waals surface area contributed by atoms with Crippen molar-refractivity contribution in [3.63, 3.8) is 0 Å². The van der Waals surface area contributed by atoms with Gasteiger partial charge < -0.3 is 9.84 Å². The normalized spacial score (nSPS) is 11.6. The molecular formula is C32H34O2S. The van der Waals surface area contributed by atoms with E-state index in [1.807, 2.05) is 24.3 Å². The van der Waals surface area contributed by atoms with Crippen molar-refractivity contribution in [3.05, 3.63) is 113 Å². The van der Waals surface area contributed by atoms with Gasteiger partial charge in [-0.05, 0) is 102 Å². The van der Waals surface area contributed by atoms with E-state index in [4.69, 9.17) is 4.74 Å². The van der Waals surface area contributed by atoms with Crippen LogP contribution in [-0.4, -0.2) is 5.11 Å². The van der Waals surface area contributed by atoms with Crippen LogP contribution in [0.1, 0.15) is 61.4 Å². The Balaban J connectivity index is 1.49. The van der Waals surface area contributed by atoms with Gasteiger partial charge in [-0.2, -0.15) is 0 Å². The second-order valence-corrected chi connectivity index (χ2v) is 11.1. The molecule has 0 amide bonds. The highest BCUT2D eigenvalue weighted by atomic mass is 32.2. The molecule has 2 nitrogen and oxygen atoms in total. The van der Waals surface area contributed by atoms with Crippen LogP contribution in [0.4, 0.5) is 0 Å². The lowest BCUT2D eigenvalue weighted by molar-refractivity contribution is 0.475. The summed E-state index contributed by atoms with van der Waals surface area (Å²) in [5, 5.41) is 9.45. The number of hydrogen-bond donors (Lipinski definition) is 1. The molecule has 35 heavy (non-hydrogen) atoms. The number of rotatable bonds is 7. The van der Waals surface area contributed by atoms with Crippen LogP contribution in [0.15, 0.2) is 94.7 Å². The first-order chi connectivity index (χ1) is 16.6. The molecule has 180 valence electrons. The van der Waals surface area contributed by atoms with E-state index in [-0.39, 0.29) is 11.2 Å². The third kappa shape index (κ3) is 5.74. The van der Waals surface area contributed by atoms with E-state index in [9.17, 15) is 5.11 Å². The molecule has 4 aromatic carbocycles. The summed E-state index contributed by atoms with van der Waals surface area (Å²) in [5.74, 6) is 2.50. The first-order valence-corrected chi connectivity index (χ1v) is 12.9. The molecule has 0 aromatic heterocycles. The highest BCUT2D eigenvalue weighted by molar-refractivity contribution is 7.99. The van der Waals surface area contributed by atoms with E-state index in [0.717, 1.165) is 26.9 Å². The number of phenols is 1. The van der Waals surface area contributed by atoms with Gasteiger partial charge in [-0.3, -0.25) is 0 Å². The Bertz CT molecular complexity index is 1300. The van der Waals surface area contributed by atoms with Gasteiger partial charge in [0.15, 0.2) is 0 Å². The molecule has 0 fully saturated rings. The Hall–Kier alpha value is -3.17. The minimum atomic E-state index is -0.101. The molecule has 0 atom stereocenters. The fourth-order valence-electron chi connectivity index (χ4n) is 4.38. The van der Waals surface area contributed by atoms with E-state index >= 15 is 0 Å². The molecule has 0 saturated heterocycles. The average molecular weight is 483 g/mol. The van der Waals surface area contributed by atoms with E-state index < -0.39 is 0 Å². The maximum atomic E-state index is 9.45. The number of aromatic hydroxyl groups is 1. The summed E-state index contributed by atoms with van der Waals surface area (Å²) in [5.41, 5.74) is 6.39. The maximum Gasteiger partial charge on any atom is 0.130 e. The Morgan fingerprint density at radius 2 is 1.26 bits per heavy atom. The second-order valence-electron chi connectivity index (χ2n) is 10.0. The second kappa shape index (κ2) is 10.2. The van der Waals surface area contributed by atoms with Gasteiger partial charge in [-0.25, -0.2) is 0 Å². The monoisotopic (exact) mass is 482 g/mol. The molecule has 3 heteroatoms. The SMILES string of the molecule is Cc1cc(C(C)(C)c2ccc(C(C)C)c(C)c2)ccc1Oc1ccc(Sc2ccc(O)cc2)cc1. The molecule has 0 aliphatic heterocycles. The van der Waals surface area contributed by atoms with Gasteiger partial charge in [0.05, 0.1) is 0 Å². The number of phenolic OH excluding ortho intramolecular Hbond substituents is 1. The molecule has 4 aromatic rings. The zero-order chi connectivity index (χ0) is 25.2. The molecule has 0 aliphatic carbocycles. The van der Waals surface area contributed by atoms with Crippen LogP contribution in [0, 0.1) is 13.8 Å². The summed E-state index contributed by atoms with van der Waals surface area (Å²) in [4.78, 5) is 2.20. The minimum Gasteiger partial charge on any atom is -0.508 e. The average Bonchev–Trinajstić information content (AvgIpc) is 2.82. The Kier molecular flexibility index (Phi) is 7.28. The molecule has 0 radical (unpaired) electrons. The topological polar surface area (TPSA) is 29.5 Å². The molecule has 0 saturated carbocycles. The third-order valence-corrected chi connectivity index (χ3v) is 7.65. The molecule has 0 aliphatic rings. The Morgan fingerprint density at radius 1 is 0.714 bits per heavy atom. The van der Waals surface area contributed by atoms with Crippen LogP contribution in [-0.2, 0) is 5.41 Å². The van der Waals surface area contributed by atoms with E-state index in [1.54, 1.807) is 23.9 Å². The fraction of sp³-hybridized carbons (Fsp3) is 0.250. The zero-order valence-electron chi connectivity index (χ0n) is 21.4. The zero-order valence-corrected chi connectivity index (χ0v) is 22.2. The van der Waals surface area contributed by atoms with Gasteiger partial charge in [-0.1, -0.05) is 69.8 Å². The standard InChI is InChI=1S/C32H34O2S/c1-21(2)30-17-7-24(19-22(30)3)32(5,6)25-8-18-31(23(4)20-25)34-27-11-15-29(16-12-27)35-28-13-9-26(33)10-14-28/h7-21,33H,1-6H3. The van der Waals surface area contributed by atoms with Crippen molar-refractivity contribution in [1.82, 2.24) is 0 Å². The summed E-state index contributed by atoms with van der Waals surface area (Å²) < 4.78 is 6.22. The first kappa shape index (κ1) is 24.9. The van der Waals surface area contributed by atoms with Gasteiger partial charge in [0.25, 0.3) is 0 Å². The van der Waals surface area contributed by atoms with Gasteiger partial charge in [0.2, 0.25) is 0 Å². The van der Waals surface area contributed by atoms with Crippen LogP contribution in [0.25, 0.3) is 0 Å². The van der Waals surface area contributed by atoms with Crippen molar-refractivity contribution in [2.75, 3.05) is 0 Å². The summed E-state index contributed by atoms with van der Waals surface area (Å²) in [6.07, 6.45) is 0. The fourth-order valence-corrected chi connectivity index (χ4v) is 5.20. The van der Waals surface area contributed by atoms with Crippen molar-refractivity contribution in [2.24, 2.45) is 0 Å². The summed E-state index contributed by atoms with van der Waals surface area (Å²) in [6, 6.07) is 28.8.